The SMILES string of the molecule is O=C([C@H](CC12CC(C1)C2)n1c(=O)[nH]c2ccc(F)cc2c1=O)N1CCc2cc(F)cc(F)c2C1. The zero-order valence-electron chi connectivity index (χ0n) is 18.2. The molecule has 1 amide bonds. The van der Waals surface area contributed by atoms with E-state index in [1.54, 1.807) is 0 Å². The van der Waals surface area contributed by atoms with Gasteiger partial charge in [0.1, 0.15) is 23.5 Å². The number of hydrogen-bond acceptors (Lipinski definition) is 3. The fourth-order valence-corrected chi connectivity index (χ4v) is 6.07. The predicted molar refractivity (Wildman–Crippen MR) is 118 cm³/mol. The van der Waals surface area contributed by atoms with Crippen LogP contribution in [0.5, 0.6) is 0 Å². The Hall–Kier alpha value is -3.36. The minimum atomic E-state index is -1.09. The summed E-state index contributed by atoms with van der Waals surface area (Å²) in [6, 6.07) is 4.49. The first-order valence-electron chi connectivity index (χ1n) is 11.4. The van der Waals surface area contributed by atoms with Crippen LogP contribution < -0.4 is 11.2 Å². The van der Waals surface area contributed by atoms with Crippen LogP contribution >= 0.6 is 0 Å². The molecule has 1 aliphatic heterocycles. The first-order chi connectivity index (χ1) is 16.2. The topological polar surface area (TPSA) is 75.2 Å². The van der Waals surface area contributed by atoms with Crippen molar-refractivity contribution in [3.05, 3.63) is 79.7 Å². The summed E-state index contributed by atoms with van der Waals surface area (Å²) >= 11 is 0. The maximum Gasteiger partial charge on any atom is 0.329 e. The van der Waals surface area contributed by atoms with Crippen LogP contribution in [0.3, 0.4) is 0 Å². The number of benzene rings is 2. The van der Waals surface area contributed by atoms with Gasteiger partial charge in [-0.15, -0.1) is 0 Å². The number of hydrogen-bond donors (Lipinski definition) is 1. The van der Waals surface area contributed by atoms with E-state index in [-0.39, 0.29) is 41.4 Å². The van der Waals surface area contributed by atoms with Crippen LogP contribution in [-0.4, -0.2) is 26.9 Å². The summed E-state index contributed by atoms with van der Waals surface area (Å²) in [6.45, 7) is 0.150. The number of fused-ring (bicyclic) bond motifs is 2. The number of rotatable bonds is 4. The Kier molecular flexibility index (Phi) is 4.56. The first kappa shape index (κ1) is 21.2. The quantitative estimate of drug-likeness (QED) is 0.636. The molecule has 1 aromatic heterocycles. The molecule has 3 aliphatic carbocycles. The second-order valence-electron chi connectivity index (χ2n) is 10.0. The fraction of sp³-hybridized carbons (Fsp3) is 0.400. The summed E-state index contributed by atoms with van der Waals surface area (Å²) in [5, 5.41) is -0.0134. The van der Waals surface area contributed by atoms with E-state index in [2.05, 4.69) is 4.98 Å². The van der Waals surface area contributed by atoms with Crippen molar-refractivity contribution in [1.82, 2.24) is 14.5 Å². The predicted octanol–water partition coefficient (Wildman–Crippen LogP) is 3.42. The molecule has 7 rings (SSSR count). The van der Waals surface area contributed by atoms with Gasteiger partial charge in [0, 0.05) is 24.7 Å². The van der Waals surface area contributed by atoms with Gasteiger partial charge in [0.05, 0.1) is 10.9 Å². The van der Waals surface area contributed by atoms with Gasteiger partial charge < -0.3 is 9.88 Å². The zero-order valence-corrected chi connectivity index (χ0v) is 18.2. The minimum Gasteiger partial charge on any atom is -0.336 e. The molecule has 176 valence electrons. The number of amides is 1. The molecule has 34 heavy (non-hydrogen) atoms. The Labute approximate surface area is 192 Å². The number of H-pyrrole nitrogens is 1. The van der Waals surface area contributed by atoms with E-state index in [0.717, 1.165) is 42.0 Å². The molecule has 2 aromatic carbocycles. The van der Waals surface area contributed by atoms with Crippen molar-refractivity contribution in [3.8, 4) is 0 Å². The van der Waals surface area contributed by atoms with E-state index < -0.39 is 40.6 Å². The van der Waals surface area contributed by atoms with Gasteiger partial charge in [0.25, 0.3) is 5.56 Å². The second-order valence-corrected chi connectivity index (χ2v) is 10.0. The molecule has 4 aliphatic rings. The molecule has 0 spiro atoms. The summed E-state index contributed by atoms with van der Waals surface area (Å²) in [7, 11) is 0. The smallest absolute Gasteiger partial charge is 0.329 e. The van der Waals surface area contributed by atoms with Crippen LogP contribution in [0.25, 0.3) is 10.9 Å². The van der Waals surface area contributed by atoms with Crippen LogP contribution in [-0.2, 0) is 17.8 Å². The van der Waals surface area contributed by atoms with Crippen molar-refractivity contribution in [2.75, 3.05) is 6.54 Å². The van der Waals surface area contributed by atoms with Gasteiger partial charge in [0.2, 0.25) is 5.91 Å². The van der Waals surface area contributed by atoms with E-state index in [0.29, 0.717) is 17.9 Å². The van der Waals surface area contributed by atoms with E-state index in [9.17, 15) is 27.6 Å². The zero-order chi connectivity index (χ0) is 23.8. The molecule has 3 fully saturated rings. The highest BCUT2D eigenvalue weighted by Crippen LogP contribution is 2.67. The molecule has 1 N–H and O–H groups in total. The summed E-state index contributed by atoms with van der Waals surface area (Å²) in [5.41, 5.74) is -0.606. The maximum atomic E-state index is 14.5. The van der Waals surface area contributed by atoms with Crippen LogP contribution in [0.4, 0.5) is 13.2 Å². The molecule has 0 saturated heterocycles. The number of nitrogens with one attached hydrogen (secondary N) is 1. The lowest BCUT2D eigenvalue weighted by Gasteiger charge is -2.63. The minimum absolute atomic E-state index is 0.0134. The lowest BCUT2D eigenvalue weighted by Crippen LogP contribution is -2.56. The molecule has 1 atom stereocenters. The molecule has 6 nitrogen and oxygen atoms in total. The van der Waals surface area contributed by atoms with Gasteiger partial charge in [-0.3, -0.25) is 9.59 Å². The van der Waals surface area contributed by atoms with Gasteiger partial charge in [-0.2, -0.15) is 0 Å². The first-order valence-corrected chi connectivity index (χ1v) is 11.4. The lowest BCUT2D eigenvalue weighted by atomic mass is 9.43. The second kappa shape index (κ2) is 7.32. The molecule has 0 unspecified atom stereocenters. The van der Waals surface area contributed by atoms with Crippen molar-refractivity contribution < 1.29 is 18.0 Å². The monoisotopic (exact) mass is 469 g/mol. The summed E-state index contributed by atoms with van der Waals surface area (Å²) < 4.78 is 42.8. The third-order valence-electron chi connectivity index (χ3n) is 7.84. The molecule has 2 heterocycles. The highest BCUT2D eigenvalue weighted by Gasteiger charge is 2.58. The van der Waals surface area contributed by atoms with Crippen LogP contribution in [0.1, 0.15) is 42.9 Å². The third-order valence-corrected chi connectivity index (χ3v) is 7.84. The van der Waals surface area contributed by atoms with E-state index >= 15 is 0 Å². The van der Waals surface area contributed by atoms with E-state index in [1.807, 2.05) is 0 Å². The standard InChI is InChI=1S/C25H22F3N3O3/c26-15-1-2-20-17(6-15)22(32)31(24(34)29-20)21(11-25-8-13(9-25)10-25)23(33)30-4-3-14-5-16(27)7-19(28)18(14)12-30/h1-2,5-7,13,21H,3-4,8-12H2,(H,29,34)/t13?,21-,25?/m0/s1. The summed E-state index contributed by atoms with van der Waals surface area (Å²) in [4.78, 5) is 44.1. The van der Waals surface area contributed by atoms with E-state index in [4.69, 9.17) is 0 Å². The molecule has 0 radical (unpaired) electrons. The lowest BCUT2D eigenvalue weighted by molar-refractivity contribution is -0.148. The van der Waals surface area contributed by atoms with Crippen molar-refractivity contribution in [2.24, 2.45) is 11.3 Å². The average Bonchev–Trinajstić information content (AvgIpc) is 2.73. The van der Waals surface area contributed by atoms with Gasteiger partial charge in [0.15, 0.2) is 0 Å². The maximum absolute atomic E-state index is 14.5. The largest absolute Gasteiger partial charge is 0.336 e. The Morgan fingerprint density at radius 2 is 1.85 bits per heavy atom. The van der Waals surface area contributed by atoms with Crippen molar-refractivity contribution in [2.45, 2.75) is 44.7 Å². The Balaban J connectivity index is 1.42. The van der Waals surface area contributed by atoms with E-state index in [1.165, 1.54) is 17.0 Å². The van der Waals surface area contributed by atoms with Crippen LogP contribution in [0, 0.1) is 28.8 Å². The Bertz CT molecular complexity index is 1460. The van der Waals surface area contributed by atoms with Gasteiger partial charge >= 0.3 is 5.69 Å². The number of aromatic amines is 1. The molecule has 2 bridgehead atoms. The van der Waals surface area contributed by atoms with Crippen molar-refractivity contribution in [1.29, 1.82) is 0 Å². The Morgan fingerprint density at radius 1 is 1.09 bits per heavy atom. The molecule has 3 aromatic rings. The van der Waals surface area contributed by atoms with Gasteiger partial charge in [-0.1, -0.05) is 0 Å². The van der Waals surface area contributed by atoms with Crippen molar-refractivity contribution in [3.63, 3.8) is 0 Å². The number of halogens is 3. The number of aromatic nitrogens is 2. The summed E-state index contributed by atoms with van der Waals surface area (Å²) in [5.74, 6) is -1.84. The molecular formula is C25H22F3N3O3. The van der Waals surface area contributed by atoms with Gasteiger partial charge in [-0.25, -0.2) is 22.5 Å². The highest BCUT2D eigenvalue weighted by molar-refractivity contribution is 5.82. The fourth-order valence-electron chi connectivity index (χ4n) is 6.07. The Morgan fingerprint density at radius 3 is 2.56 bits per heavy atom. The normalized spacial score (nSPS) is 23.7. The highest BCUT2D eigenvalue weighted by atomic mass is 19.1. The third kappa shape index (κ3) is 3.20. The average molecular weight is 469 g/mol. The molecule has 3 saturated carbocycles. The summed E-state index contributed by atoms with van der Waals surface area (Å²) in [6.07, 6.45) is 3.43. The number of carbonyl (C=O) groups excluding carboxylic acids is 1. The number of nitrogens with zero attached hydrogens (tertiary/aromatic N) is 2. The van der Waals surface area contributed by atoms with Crippen molar-refractivity contribution >= 4 is 16.8 Å². The van der Waals surface area contributed by atoms with Crippen LogP contribution in [0.2, 0.25) is 0 Å². The molecule has 9 heteroatoms. The molecular weight excluding hydrogens is 447 g/mol. The number of carbonyl (C=O) groups is 1. The van der Waals surface area contributed by atoms with Crippen LogP contribution in [0.15, 0.2) is 39.9 Å². The van der Waals surface area contributed by atoms with Gasteiger partial charge in [-0.05, 0) is 73.3 Å².